The number of methoxy groups -OCH3 is 1. The highest BCUT2D eigenvalue weighted by Crippen LogP contribution is 2.26. The number of imidazole rings is 1. The summed E-state index contributed by atoms with van der Waals surface area (Å²) in [5.41, 5.74) is 1.45. The van der Waals surface area contributed by atoms with E-state index in [9.17, 15) is 4.79 Å². The van der Waals surface area contributed by atoms with E-state index in [1.54, 1.807) is 24.3 Å². The minimum absolute atomic E-state index is 0.0903. The van der Waals surface area contributed by atoms with Gasteiger partial charge in [-0.3, -0.25) is 4.79 Å². The summed E-state index contributed by atoms with van der Waals surface area (Å²) >= 11 is 0. The van der Waals surface area contributed by atoms with Crippen molar-refractivity contribution in [2.24, 2.45) is 0 Å². The van der Waals surface area contributed by atoms with Crippen molar-refractivity contribution in [1.29, 1.82) is 0 Å². The van der Waals surface area contributed by atoms with Crippen LogP contribution in [0.2, 0.25) is 0 Å². The molecule has 3 heterocycles. The Balaban J connectivity index is 1.86. The number of fused-ring (bicyclic) bond motifs is 1. The molecule has 1 atom stereocenters. The standard InChI is InChI=1S/C14H17N5O2/c1-10-13-16-7-11(8-21-2)19(13)6-5-18(10)14(20)12-3-4-15-9-17-12/h3-4,7,9-10H,5-6,8H2,1-2H3/t10-/m1/s1. The number of hydrogen-bond donors (Lipinski definition) is 0. The molecule has 2 aromatic heterocycles. The van der Waals surface area contributed by atoms with E-state index in [1.807, 2.05) is 13.1 Å². The van der Waals surface area contributed by atoms with Gasteiger partial charge in [0.1, 0.15) is 17.8 Å². The molecular weight excluding hydrogens is 270 g/mol. The zero-order valence-electron chi connectivity index (χ0n) is 12.1. The lowest BCUT2D eigenvalue weighted by Gasteiger charge is -2.34. The number of aromatic nitrogens is 4. The van der Waals surface area contributed by atoms with Crippen molar-refractivity contribution in [3.8, 4) is 0 Å². The highest BCUT2D eigenvalue weighted by molar-refractivity contribution is 5.92. The molecule has 0 aromatic carbocycles. The fourth-order valence-corrected chi connectivity index (χ4v) is 2.66. The molecule has 0 spiro atoms. The lowest BCUT2D eigenvalue weighted by molar-refractivity contribution is 0.0626. The van der Waals surface area contributed by atoms with Gasteiger partial charge in [0, 0.05) is 26.4 Å². The van der Waals surface area contributed by atoms with Gasteiger partial charge in [0.05, 0.1) is 24.5 Å². The molecule has 0 unspecified atom stereocenters. The number of hydrogen-bond acceptors (Lipinski definition) is 5. The first-order valence-electron chi connectivity index (χ1n) is 6.82. The van der Waals surface area contributed by atoms with Gasteiger partial charge in [-0.15, -0.1) is 0 Å². The zero-order chi connectivity index (χ0) is 14.8. The van der Waals surface area contributed by atoms with Crippen molar-refractivity contribution in [2.45, 2.75) is 26.1 Å². The Morgan fingerprint density at radius 1 is 1.43 bits per heavy atom. The Bertz CT molecular complexity index is 640. The Hall–Kier alpha value is -2.28. The summed E-state index contributed by atoms with van der Waals surface area (Å²) in [6, 6.07) is 1.54. The predicted octanol–water partition coefficient (Wildman–Crippen LogP) is 1.04. The highest BCUT2D eigenvalue weighted by atomic mass is 16.5. The smallest absolute Gasteiger partial charge is 0.273 e. The van der Waals surface area contributed by atoms with Gasteiger partial charge in [-0.2, -0.15) is 0 Å². The highest BCUT2D eigenvalue weighted by Gasteiger charge is 2.31. The van der Waals surface area contributed by atoms with Crippen LogP contribution in [-0.4, -0.2) is 44.0 Å². The summed E-state index contributed by atoms with van der Waals surface area (Å²) in [5.74, 6) is 0.795. The molecule has 0 saturated carbocycles. The summed E-state index contributed by atoms with van der Waals surface area (Å²) < 4.78 is 7.30. The maximum absolute atomic E-state index is 12.5. The van der Waals surface area contributed by atoms with E-state index in [1.165, 1.54) is 6.33 Å². The van der Waals surface area contributed by atoms with Crippen LogP contribution < -0.4 is 0 Å². The molecule has 0 radical (unpaired) electrons. The van der Waals surface area contributed by atoms with E-state index in [0.717, 1.165) is 18.1 Å². The van der Waals surface area contributed by atoms with Crippen LogP contribution in [-0.2, 0) is 17.9 Å². The van der Waals surface area contributed by atoms with Crippen LogP contribution in [0.5, 0.6) is 0 Å². The molecule has 0 N–H and O–H groups in total. The van der Waals surface area contributed by atoms with Gasteiger partial charge in [-0.1, -0.05) is 0 Å². The molecule has 0 aliphatic carbocycles. The maximum atomic E-state index is 12.5. The van der Waals surface area contributed by atoms with Crippen molar-refractivity contribution in [2.75, 3.05) is 13.7 Å². The number of ether oxygens (including phenoxy) is 1. The third-order valence-corrected chi connectivity index (χ3v) is 3.73. The molecule has 3 rings (SSSR count). The third-order valence-electron chi connectivity index (χ3n) is 3.73. The van der Waals surface area contributed by atoms with Crippen LogP contribution in [0.25, 0.3) is 0 Å². The molecule has 0 bridgehead atoms. The number of carbonyl (C=O) groups excluding carboxylic acids is 1. The molecule has 2 aromatic rings. The number of amides is 1. The summed E-state index contributed by atoms with van der Waals surface area (Å²) in [6.07, 6.45) is 4.78. The van der Waals surface area contributed by atoms with Gasteiger partial charge in [-0.25, -0.2) is 15.0 Å². The Morgan fingerprint density at radius 2 is 2.29 bits per heavy atom. The van der Waals surface area contributed by atoms with Crippen LogP contribution in [0.3, 0.4) is 0 Å². The Morgan fingerprint density at radius 3 is 3.00 bits per heavy atom. The summed E-state index contributed by atoms with van der Waals surface area (Å²) in [7, 11) is 1.66. The van der Waals surface area contributed by atoms with Crippen molar-refractivity contribution in [1.82, 2.24) is 24.4 Å². The number of carbonyl (C=O) groups is 1. The first-order chi connectivity index (χ1) is 10.2. The molecule has 1 aliphatic rings. The van der Waals surface area contributed by atoms with E-state index < -0.39 is 0 Å². The van der Waals surface area contributed by atoms with Crippen molar-refractivity contribution >= 4 is 5.91 Å². The quantitative estimate of drug-likeness (QED) is 0.843. The minimum Gasteiger partial charge on any atom is -0.378 e. The monoisotopic (exact) mass is 287 g/mol. The molecule has 1 aliphatic heterocycles. The lowest BCUT2D eigenvalue weighted by atomic mass is 10.2. The van der Waals surface area contributed by atoms with Gasteiger partial charge in [0.2, 0.25) is 0 Å². The Kier molecular flexibility index (Phi) is 3.66. The van der Waals surface area contributed by atoms with Crippen LogP contribution in [0, 0.1) is 0 Å². The van der Waals surface area contributed by atoms with Gasteiger partial charge in [-0.05, 0) is 13.0 Å². The number of rotatable bonds is 3. The molecule has 7 heteroatoms. The third kappa shape index (κ3) is 2.40. The Labute approximate surface area is 122 Å². The average Bonchev–Trinajstić information content (AvgIpc) is 2.92. The van der Waals surface area contributed by atoms with E-state index in [4.69, 9.17) is 4.74 Å². The van der Waals surface area contributed by atoms with Crippen molar-refractivity contribution in [3.63, 3.8) is 0 Å². The summed E-state index contributed by atoms with van der Waals surface area (Å²) in [4.78, 5) is 26.6. The summed E-state index contributed by atoms with van der Waals surface area (Å²) in [5, 5.41) is 0. The van der Waals surface area contributed by atoms with Gasteiger partial charge >= 0.3 is 0 Å². The molecule has 0 saturated heterocycles. The van der Waals surface area contributed by atoms with Crippen LogP contribution in [0.15, 0.2) is 24.8 Å². The maximum Gasteiger partial charge on any atom is 0.273 e. The lowest BCUT2D eigenvalue weighted by Crippen LogP contribution is -2.41. The largest absolute Gasteiger partial charge is 0.378 e. The fourth-order valence-electron chi connectivity index (χ4n) is 2.66. The number of nitrogens with zero attached hydrogens (tertiary/aromatic N) is 5. The van der Waals surface area contributed by atoms with E-state index in [2.05, 4.69) is 19.5 Å². The van der Waals surface area contributed by atoms with Gasteiger partial charge in [0.15, 0.2) is 0 Å². The second-order valence-electron chi connectivity index (χ2n) is 4.96. The SMILES string of the molecule is COCc1cnc2n1CCN(C(=O)c1ccncn1)[C@@H]2C. The molecular formula is C14H17N5O2. The molecule has 1 amide bonds. The second-order valence-corrected chi connectivity index (χ2v) is 4.96. The van der Waals surface area contributed by atoms with Crippen molar-refractivity contribution < 1.29 is 9.53 Å². The van der Waals surface area contributed by atoms with Gasteiger partial charge < -0.3 is 14.2 Å². The van der Waals surface area contributed by atoms with Gasteiger partial charge in [0.25, 0.3) is 5.91 Å². The van der Waals surface area contributed by atoms with E-state index in [0.29, 0.717) is 18.8 Å². The first kappa shape index (κ1) is 13.7. The van der Waals surface area contributed by atoms with E-state index in [-0.39, 0.29) is 11.9 Å². The van der Waals surface area contributed by atoms with Crippen LogP contribution in [0.1, 0.15) is 35.0 Å². The predicted molar refractivity (Wildman–Crippen MR) is 74.4 cm³/mol. The van der Waals surface area contributed by atoms with Crippen LogP contribution >= 0.6 is 0 Å². The normalized spacial score (nSPS) is 17.6. The average molecular weight is 287 g/mol. The minimum atomic E-state index is -0.0909. The molecule has 21 heavy (non-hydrogen) atoms. The molecule has 7 nitrogen and oxygen atoms in total. The molecule has 0 fully saturated rings. The summed E-state index contributed by atoms with van der Waals surface area (Å²) in [6.45, 7) is 3.85. The molecule has 110 valence electrons. The van der Waals surface area contributed by atoms with Crippen molar-refractivity contribution in [3.05, 3.63) is 42.0 Å². The second kappa shape index (κ2) is 5.61. The van der Waals surface area contributed by atoms with E-state index >= 15 is 0 Å². The first-order valence-corrected chi connectivity index (χ1v) is 6.82. The zero-order valence-corrected chi connectivity index (χ0v) is 12.1. The topological polar surface area (TPSA) is 73.1 Å². The fraction of sp³-hybridized carbons (Fsp3) is 0.429. The van der Waals surface area contributed by atoms with Crippen LogP contribution in [0.4, 0.5) is 0 Å².